The van der Waals surface area contributed by atoms with Gasteiger partial charge in [-0.25, -0.2) is 18.4 Å². The van der Waals surface area contributed by atoms with Crippen molar-refractivity contribution in [3.05, 3.63) is 59.6 Å². The second kappa shape index (κ2) is 8.00. The molecule has 2 heterocycles. The summed E-state index contributed by atoms with van der Waals surface area (Å²) in [7, 11) is -3.76. The van der Waals surface area contributed by atoms with Crippen LogP contribution in [-0.2, 0) is 16.6 Å². The molecule has 0 spiro atoms. The van der Waals surface area contributed by atoms with Gasteiger partial charge < -0.3 is 4.57 Å². The Morgan fingerprint density at radius 3 is 2.34 bits per heavy atom. The number of benzene rings is 2. The van der Waals surface area contributed by atoms with Crippen molar-refractivity contribution in [1.29, 1.82) is 0 Å². The molecule has 29 heavy (non-hydrogen) atoms. The van der Waals surface area contributed by atoms with Crippen LogP contribution in [0.1, 0.15) is 26.2 Å². The number of anilines is 1. The zero-order valence-corrected chi connectivity index (χ0v) is 17.5. The average molecular weight is 429 g/mol. The third kappa shape index (κ3) is 4.06. The second-order valence-electron chi connectivity index (χ2n) is 6.87. The van der Waals surface area contributed by atoms with Gasteiger partial charge in [-0.3, -0.25) is 4.72 Å². The fourth-order valence-electron chi connectivity index (χ4n) is 3.26. The van der Waals surface area contributed by atoms with Crippen LogP contribution in [0, 0.1) is 0 Å². The topological polar surface area (TPSA) is 76.9 Å². The number of para-hydroxylation sites is 2. The van der Waals surface area contributed by atoms with E-state index < -0.39 is 10.0 Å². The third-order valence-corrected chi connectivity index (χ3v) is 6.37. The maximum absolute atomic E-state index is 12.9. The molecule has 0 fully saturated rings. The first kappa shape index (κ1) is 19.7. The summed E-state index contributed by atoms with van der Waals surface area (Å²) >= 11 is 5.89. The molecule has 2 aromatic carbocycles. The van der Waals surface area contributed by atoms with E-state index in [1.54, 1.807) is 18.2 Å². The molecule has 0 unspecified atom stereocenters. The summed E-state index contributed by atoms with van der Waals surface area (Å²) in [5, 5.41) is 0.484. The molecule has 4 aromatic rings. The highest BCUT2D eigenvalue weighted by Crippen LogP contribution is 2.26. The van der Waals surface area contributed by atoms with Crippen LogP contribution in [0.15, 0.2) is 59.5 Å². The molecular formula is C21H21ClN4O2S. The number of hydrogen-bond donors (Lipinski definition) is 1. The van der Waals surface area contributed by atoms with E-state index in [1.165, 1.54) is 12.1 Å². The van der Waals surface area contributed by atoms with Crippen molar-refractivity contribution >= 4 is 49.6 Å². The maximum Gasteiger partial charge on any atom is 0.263 e. The zero-order valence-electron chi connectivity index (χ0n) is 16.0. The Bertz CT molecular complexity index is 1270. The standard InChI is InChI=1S/C21H21ClN4O2S/c1-2-3-6-13-26-20(25-29(27,28)16-11-9-15(22)10-12-16)14-19-21(26)24-18-8-5-4-7-17(18)23-19/h4-5,7-12,14,25H,2-3,6,13H2,1H3. The summed E-state index contributed by atoms with van der Waals surface area (Å²) in [4.78, 5) is 9.56. The molecule has 0 aliphatic heterocycles. The van der Waals surface area contributed by atoms with Crippen molar-refractivity contribution in [3.63, 3.8) is 0 Å². The quantitative estimate of drug-likeness (QED) is 0.409. The van der Waals surface area contributed by atoms with E-state index in [2.05, 4.69) is 16.6 Å². The first-order chi connectivity index (χ1) is 14.0. The lowest BCUT2D eigenvalue weighted by Gasteiger charge is -2.12. The van der Waals surface area contributed by atoms with Crippen LogP contribution in [-0.4, -0.2) is 23.0 Å². The largest absolute Gasteiger partial charge is 0.310 e. The van der Waals surface area contributed by atoms with E-state index in [0.717, 1.165) is 30.3 Å². The first-order valence-corrected chi connectivity index (χ1v) is 11.4. The number of nitrogens with zero attached hydrogens (tertiary/aromatic N) is 3. The molecule has 0 aliphatic carbocycles. The fraction of sp³-hybridized carbons (Fsp3) is 0.238. The molecule has 0 amide bonds. The molecule has 0 bridgehead atoms. The van der Waals surface area contributed by atoms with Gasteiger partial charge in [0.15, 0.2) is 5.65 Å². The number of rotatable bonds is 7. The Hall–Kier alpha value is -2.64. The molecule has 1 N–H and O–H groups in total. The molecule has 0 aliphatic rings. The minimum absolute atomic E-state index is 0.151. The number of hydrogen-bond acceptors (Lipinski definition) is 4. The molecule has 4 rings (SSSR count). The van der Waals surface area contributed by atoms with E-state index in [0.29, 0.717) is 28.5 Å². The Labute approximate surface area is 174 Å². The number of nitrogens with one attached hydrogen (secondary N) is 1. The van der Waals surface area contributed by atoms with Crippen LogP contribution in [0.5, 0.6) is 0 Å². The Morgan fingerprint density at radius 1 is 0.966 bits per heavy atom. The van der Waals surface area contributed by atoms with E-state index in [1.807, 2.05) is 28.8 Å². The summed E-state index contributed by atoms with van der Waals surface area (Å²) < 4.78 is 30.4. The number of halogens is 1. The fourth-order valence-corrected chi connectivity index (χ4v) is 4.45. The lowest BCUT2D eigenvalue weighted by Crippen LogP contribution is -2.16. The van der Waals surface area contributed by atoms with E-state index >= 15 is 0 Å². The number of sulfonamides is 1. The molecule has 8 heteroatoms. The smallest absolute Gasteiger partial charge is 0.263 e. The molecule has 0 radical (unpaired) electrons. The SMILES string of the molecule is CCCCCn1c(NS(=O)(=O)c2ccc(Cl)cc2)cc2nc3ccccc3nc21. The second-order valence-corrected chi connectivity index (χ2v) is 8.99. The van der Waals surface area contributed by atoms with Crippen molar-refractivity contribution in [3.8, 4) is 0 Å². The van der Waals surface area contributed by atoms with Gasteiger partial charge in [-0.1, -0.05) is 43.5 Å². The zero-order chi connectivity index (χ0) is 20.4. The molecule has 2 aromatic heterocycles. The highest BCUT2D eigenvalue weighted by molar-refractivity contribution is 7.92. The normalized spacial score (nSPS) is 11.9. The van der Waals surface area contributed by atoms with Gasteiger partial charge in [0.25, 0.3) is 10.0 Å². The highest BCUT2D eigenvalue weighted by Gasteiger charge is 2.19. The summed E-state index contributed by atoms with van der Waals surface area (Å²) in [5.74, 6) is 0.460. The molecular weight excluding hydrogens is 408 g/mol. The van der Waals surface area contributed by atoms with Crippen molar-refractivity contribution in [2.45, 2.75) is 37.6 Å². The van der Waals surface area contributed by atoms with Crippen LogP contribution in [0.25, 0.3) is 22.2 Å². The van der Waals surface area contributed by atoms with Crippen molar-refractivity contribution in [2.24, 2.45) is 0 Å². The lowest BCUT2D eigenvalue weighted by molar-refractivity contribution is 0.597. The van der Waals surface area contributed by atoms with E-state index in [4.69, 9.17) is 16.6 Å². The summed E-state index contributed by atoms with van der Waals surface area (Å²) in [6, 6.07) is 15.5. The predicted molar refractivity (Wildman–Crippen MR) is 117 cm³/mol. The predicted octanol–water partition coefficient (Wildman–Crippen LogP) is 5.23. The monoisotopic (exact) mass is 428 g/mol. The molecule has 150 valence electrons. The van der Waals surface area contributed by atoms with Crippen LogP contribution in [0.3, 0.4) is 0 Å². The van der Waals surface area contributed by atoms with Crippen LogP contribution in [0.4, 0.5) is 5.82 Å². The Balaban J connectivity index is 1.80. The molecule has 6 nitrogen and oxygen atoms in total. The van der Waals surface area contributed by atoms with Crippen LogP contribution >= 0.6 is 11.6 Å². The van der Waals surface area contributed by atoms with Gasteiger partial charge in [-0.05, 0) is 42.8 Å². The van der Waals surface area contributed by atoms with Crippen molar-refractivity contribution in [2.75, 3.05) is 4.72 Å². The first-order valence-electron chi connectivity index (χ1n) is 9.52. The van der Waals surface area contributed by atoms with Crippen molar-refractivity contribution in [1.82, 2.24) is 14.5 Å². The summed E-state index contributed by atoms with van der Waals surface area (Å²) in [6.45, 7) is 2.79. The Kier molecular flexibility index (Phi) is 5.43. The minimum Gasteiger partial charge on any atom is -0.310 e. The summed E-state index contributed by atoms with van der Waals surface area (Å²) in [5.41, 5.74) is 2.89. The summed E-state index contributed by atoms with van der Waals surface area (Å²) in [6.07, 6.45) is 3.04. The molecule has 0 atom stereocenters. The van der Waals surface area contributed by atoms with Crippen LogP contribution in [0.2, 0.25) is 5.02 Å². The van der Waals surface area contributed by atoms with Gasteiger partial charge in [0.1, 0.15) is 11.3 Å². The minimum atomic E-state index is -3.76. The Morgan fingerprint density at radius 2 is 1.66 bits per heavy atom. The number of fused-ring (bicyclic) bond motifs is 2. The molecule has 0 saturated carbocycles. The number of aryl methyl sites for hydroxylation is 1. The maximum atomic E-state index is 12.9. The van der Waals surface area contributed by atoms with Gasteiger partial charge in [0.2, 0.25) is 0 Å². The van der Waals surface area contributed by atoms with Gasteiger partial charge in [0.05, 0.1) is 15.9 Å². The van der Waals surface area contributed by atoms with Gasteiger partial charge in [-0.2, -0.15) is 0 Å². The van der Waals surface area contributed by atoms with E-state index in [9.17, 15) is 8.42 Å². The number of aromatic nitrogens is 3. The lowest BCUT2D eigenvalue weighted by atomic mass is 10.2. The van der Waals surface area contributed by atoms with Gasteiger partial charge in [-0.15, -0.1) is 0 Å². The average Bonchev–Trinajstić information content (AvgIpc) is 3.02. The molecule has 0 saturated heterocycles. The van der Waals surface area contributed by atoms with Gasteiger partial charge >= 0.3 is 0 Å². The van der Waals surface area contributed by atoms with E-state index in [-0.39, 0.29) is 4.90 Å². The third-order valence-electron chi connectivity index (χ3n) is 4.75. The van der Waals surface area contributed by atoms with Gasteiger partial charge in [0, 0.05) is 17.6 Å². The van der Waals surface area contributed by atoms with Crippen molar-refractivity contribution < 1.29 is 8.42 Å². The number of unbranched alkanes of at least 4 members (excludes halogenated alkanes) is 2. The van der Waals surface area contributed by atoms with Crippen LogP contribution < -0.4 is 4.72 Å². The highest BCUT2D eigenvalue weighted by atomic mass is 35.5.